The van der Waals surface area contributed by atoms with Gasteiger partial charge >= 0.3 is 6.09 Å². The van der Waals surface area contributed by atoms with E-state index in [0.717, 1.165) is 72.2 Å². The maximum Gasteiger partial charge on any atom is 0.407 e. The molecule has 8 rings (SSSR count). The van der Waals surface area contributed by atoms with Crippen LogP contribution in [-0.2, 0) is 20.7 Å². The van der Waals surface area contributed by atoms with E-state index in [2.05, 4.69) is 64.1 Å². The number of alkyl carbamates (subject to hydrolysis) is 1. The zero-order chi connectivity index (χ0) is 38.8. The van der Waals surface area contributed by atoms with Gasteiger partial charge in [0.1, 0.15) is 6.04 Å². The van der Waals surface area contributed by atoms with Gasteiger partial charge in [0.2, 0.25) is 11.8 Å². The highest BCUT2D eigenvalue weighted by molar-refractivity contribution is 6.04. The monoisotopic (exact) mass is 752 g/mol. The van der Waals surface area contributed by atoms with E-state index < -0.39 is 12.1 Å². The van der Waals surface area contributed by atoms with Crippen LogP contribution in [0.4, 0.5) is 4.79 Å². The largest absolute Gasteiger partial charge is 0.453 e. The summed E-state index contributed by atoms with van der Waals surface area (Å²) in [7, 11) is 1.31. The normalized spacial score (nSPS) is 24.4. The number of hydrogen-bond donors (Lipinski definition) is 2. The third-order valence-corrected chi connectivity index (χ3v) is 12.7. The van der Waals surface area contributed by atoms with Crippen LogP contribution in [0.1, 0.15) is 75.6 Å². The van der Waals surface area contributed by atoms with Crippen LogP contribution in [0.3, 0.4) is 0 Å². The number of methoxy groups -OCH3 is 1. The van der Waals surface area contributed by atoms with E-state index in [-0.39, 0.29) is 35.6 Å². The van der Waals surface area contributed by atoms with E-state index in [4.69, 9.17) is 14.7 Å². The van der Waals surface area contributed by atoms with E-state index >= 15 is 0 Å². The number of allylic oxidation sites excluding steroid dienone is 2. The molecule has 3 aliphatic heterocycles. The number of amides is 3. The Bertz CT molecular complexity index is 2070. The molecule has 2 aliphatic carbocycles. The minimum atomic E-state index is -0.645. The van der Waals surface area contributed by atoms with Crippen molar-refractivity contribution in [2.45, 2.75) is 77.3 Å². The van der Waals surface area contributed by atoms with Crippen LogP contribution in [0, 0.1) is 29.6 Å². The predicted molar refractivity (Wildman–Crippen MR) is 220 cm³/mol. The van der Waals surface area contributed by atoms with Crippen LogP contribution in [-0.4, -0.2) is 71.5 Å². The van der Waals surface area contributed by atoms with Gasteiger partial charge in [0, 0.05) is 79.9 Å². The number of aliphatic imine (C=N–C) groups is 2. The number of nitrogens with one attached hydrogen (secondary N) is 2. The molecule has 10 heteroatoms. The summed E-state index contributed by atoms with van der Waals surface area (Å²) < 4.78 is 4.78. The van der Waals surface area contributed by atoms with Crippen molar-refractivity contribution in [3.63, 3.8) is 0 Å². The van der Waals surface area contributed by atoms with Crippen molar-refractivity contribution >= 4 is 40.5 Å². The van der Waals surface area contributed by atoms with Crippen LogP contribution in [0.2, 0.25) is 0 Å². The summed E-state index contributed by atoms with van der Waals surface area (Å²) in [6.07, 6.45) is 12.6. The number of carbonyl (C=O) groups is 3. The summed E-state index contributed by atoms with van der Waals surface area (Å²) in [5.41, 5.74) is 10.1. The predicted octanol–water partition coefficient (Wildman–Crippen LogP) is 7.51. The van der Waals surface area contributed by atoms with Gasteiger partial charge in [-0.2, -0.15) is 0 Å². The van der Waals surface area contributed by atoms with Gasteiger partial charge in [-0.15, -0.1) is 0 Å². The second-order valence-corrected chi connectivity index (χ2v) is 16.4. The molecule has 56 heavy (non-hydrogen) atoms. The minimum absolute atomic E-state index is 0.00778. The maximum absolute atomic E-state index is 13.6. The van der Waals surface area contributed by atoms with E-state index in [1.165, 1.54) is 30.4 Å². The fourth-order valence-electron chi connectivity index (χ4n) is 9.79. The molecular weight excluding hydrogens is 701 g/mol. The molecule has 1 saturated heterocycles. The van der Waals surface area contributed by atoms with Crippen LogP contribution in [0.25, 0.3) is 22.3 Å². The second kappa shape index (κ2) is 16.4. The number of ether oxygens (including phenoxy) is 1. The number of hydrogen-bond acceptors (Lipinski definition) is 7. The Balaban J connectivity index is 0.853. The number of pyridine rings is 1. The number of carbonyl (C=O) groups excluding carboxylic acids is 3. The molecule has 10 nitrogen and oxygen atoms in total. The maximum atomic E-state index is 13.6. The highest BCUT2D eigenvalue weighted by Gasteiger charge is 2.52. The van der Waals surface area contributed by atoms with Crippen LogP contribution in [0.15, 0.2) is 95.3 Å². The highest BCUT2D eigenvalue weighted by atomic mass is 16.5. The molecule has 0 spiro atoms. The summed E-state index contributed by atoms with van der Waals surface area (Å²) in [5, 5.41) is 5.97. The Morgan fingerprint density at radius 1 is 0.821 bits per heavy atom. The van der Waals surface area contributed by atoms with Gasteiger partial charge in [-0.05, 0) is 95.4 Å². The summed E-state index contributed by atoms with van der Waals surface area (Å²) in [4.78, 5) is 55.1. The molecule has 3 fully saturated rings. The average Bonchev–Trinajstić information content (AvgIpc) is 4.09. The fourth-order valence-corrected chi connectivity index (χ4v) is 9.79. The van der Waals surface area contributed by atoms with Crippen molar-refractivity contribution in [2.24, 2.45) is 39.6 Å². The summed E-state index contributed by atoms with van der Waals surface area (Å²) >= 11 is 0. The summed E-state index contributed by atoms with van der Waals surface area (Å²) in [6.45, 7) is 5.11. The molecule has 4 heterocycles. The average molecular weight is 753 g/mol. The molecule has 290 valence electrons. The number of nitrogens with zero attached hydrogens (tertiary/aromatic N) is 4. The lowest BCUT2D eigenvalue weighted by Gasteiger charge is -2.31. The van der Waals surface area contributed by atoms with Gasteiger partial charge in [-0.3, -0.25) is 24.6 Å². The first-order valence-corrected chi connectivity index (χ1v) is 20.3. The first-order valence-electron chi connectivity index (χ1n) is 20.3. The first-order chi connectivity index (χ1) is 27.3. The van der Waals surface area contributed by atoms with Gasteiger partial charge in [0.05, 0.1) is 13.2 Å². The van der Waals surface area contributed by atoms with Crippen molar-refractivity contribution in [1.29, 1.82) is 0 Å². The molecule has 2 N–H and O–H groups in total. The van der Waals surface area contributed by atoms with Crippen LogP contribution in [0.5, 0.6) is 0 Å². The zero-order valence-corrected chi connectivity index (χ0v) is 32.6. The number of likely N-dealkylation sites (tertiary alicyclic amines) is 1. The van der Waals surface area contributed by atoms with Crippen molar-refractivity contribution < 1.29 is 19.1 Å². The zero-order valence-electron chi connectivity index (χ0n) is 32.6. The van der Waals surface area contributed by atoms with Gasteiger partial charge in [0.25, 0.3) is 0 Å². The Morgan fingerprint density at radius 3 is 2.11 bits per heavy atom. The molecule has 2 saturated carbocycles. The van der Waals surface area contributed by atoms with Gasteiger partial charge in [-0.25, -0.2) is 4.79 Å². The third-order valence-electron chi connectivity index (χ3n) is 12.7. The van der Waals surface area contributed by atoms with Crippen LogP contribution < -0.4 is 10.6 Å². The van der Waals surface area contributed by atoms with E-state index in [9.17, 15) is 14.4 Å². The van der Waals surface area contributed by atoms with Crippen LogP contribution >= 0.6 is 0 Å². The molecule has 2 bridgehead atoms. The Hall–Kier alpha value is -5.38. The Labute approximate surface area is 329 Å². The Morgan fingerprint density at radius 2 is 1.46 bits per heavy atom. The molecule has 5 aliphatic rings. The number of benzene rings is 2. The van der Waals surface area contributed by atoms with Gasteiger partial charge in [0.15, 0.2) is 0 Å². The van der Waals surface area contributed by atoms with E-state index in [1.54, 1.807) is 6.20 Å². The lowest BCUT2D eigenvalue weighted by atomic mass is 9.75. The molecule has 3 aromatic rings. The molecular formula is C46H52N6O4. The molecule has 0 radical (unpaired) electrons. The molecule has 2 aromatic carbocycles. The lowest BCUT2D eigenvalue weighted by molar-refractivity contribution is -0.134. The standard InChI is InChI=1S/C46H52N6O4/c1-28(2)43(51-46(55)56-3)45(54)52-22-6-8-40(52)38-24-35(26-49-38)31-13-9-29(10-14-31)30-11-15-32(16-12-30)36-25-39(50-27-36)41-33-17-18-34(23-33)42(41)44(53)48-21-19-37-7-4-5-20-47-37/h4-5,7,9-16,20,26-28,33-34,40-43H,6,8,17-19,21-25H2,1-3H3,(H,48,53)(H,51,55)/t33?,34?,40-,41+,42-,43-/m0/s1. The second-order valence-electron chi connectivity index (χ2n) is 16.4. The molecule has 3 amide bonds. The van der Waals surface area contributed by atoms with Crippen molar-refractivity contribution in [3.8, 4) is 11.1 Å². The third kappa shape index (κ3) is 7.71. The summed E-state index contributed by atoms with van der Waals surface area (Å²) in [6, 6.07) is 22.6. The topological polar surface area (TPSA) is 125 Å². The minimum Gasteiger partial charge on any atom is -0.453 e. The van der Waals surface area contributed by atoms with E-state index in [0.29, 0.717) is 31.3 Å². The van der Waals surface area contributed by atoms with Crippen molar-refractivity contribution in [2.75, 3.05) is 20.2 Å². The Kier molecular flexibility index (Phi) is 11.0. The van der Waals surface area contributed by atoms with E-state index in [1.807, 2.05) is 49.3 Å². The molecule has 1 aromatic heterocycles. The number of aromatic nitrogens is 1. The van der Waals surface area contributed by atoms with Gasteiger partial charge < -0.3 is 20.3 Å². The first kappa shape index (κ1) is 37.5. The number of rotatable bonds is 12. The fraction of sp³-hybridized carbons (Fsp3) is 0.435. The smallest absolute Gasteiger partial charge is 0.407 e. The quantitative estimate of drug-likeness (QED) is 0.198. The van der Waals surface area contributed by atoms with Crippen molar-refractivity contribution in [1.82, 2.24) is 20.5 Å². The SMILES string of the molecule is COC(=O)N[C@H](C(=O)N1CCC[C@H]1C1=NC=C(c2ccc(-c3ccc(C4=CN=C([C@H]5C6CCC(C6)[C@@H]5C(=O)NCCc5ccccn5)C4)cc3)cc2)C1)C(C)C. The van der Waals surface area contributed by atoms with Crippen molar-refractivity contribution in [3.05, 3.63) is 102 Å². The highest BCUT2D eigenvalue weighted by Crippen LogP contribution is 2.54. The molecule has 2 unspecified atom stereocenters. The van der Waals surface area contributed by atoms with Gasteiger partial charge in [-0.1, -0.05) is 68.4 Å². The molecule has 6 atom stereocenters. The summed E-state index contributed by atoms with van der Waals surface area (Å²) in [5.74, 6) is 1.25. The number of fused-ring (bicyclic) bond motifs is 2. The lowest BCUT2D eigenvalue weighted by Crippen LogP contribution is -2.53.